The van der Waals surface area contributed by atoms with Crippen molar-refractivity contribution in [3.63, 3.8) is 0 Å². The van der Waals surface area contributed by atoms with Crippen LogP contribution >= 0.6 is 22.7 Å². The normalized spacial score (nSPS) is 18.2. The number of unbranched alkanes of at least 4 members (excludes halogenated alkanes) is 4. The van der Waals surface area contributed by atoms with Gasteiger partial charge in [0.25, 0.3) is 5.91 Å². The van der Waals surface area contributed by atoms with Gasteiger partial charge in [-0.1, -0.05) is 50.5 Å². The van der Waals surface area contributed by atoms with Gasteiger partial charge in [0.15, 0.2) is 0 Å². The molecule has 0 radical (unpaired) electrons. The number of phenolic OH excluding ortho intramolecular Hbond substituents is 1. The number of aromatic amines is 1. The summed E-state index contributed by atoms with van der Waals surface area (Å²) in [6, 6.07) is 5.18. The third kappa shape index (κ3) is 7.87. The summed E-state index contributed by atoms with van der Waals surface area (Å²) in [6.07, 6.45) is 7.02. The lowest BCUT2D eigenvalue weighted by molar-refractivity contribution is -0.127. The number of H-pyrrole nitrogens is 1. The van der Waals surface area contributed by atoms with Crippen molar-refractivity contribution in [3.05, 3.63) is 49.3 Å². The molecule has 0 aliphatic carbocycles. The number of phenols is 1. The van der Waals surface area contributed by atoms with Crippen LogP contribution in [-0.2, 0) is 4.74 Å². The van der Waals surface area contributed by atoms with Crippen LogP contribution in [0.4, 0.5) is 0 Å². The molecule has 1 spiro atoms. The number of aliphatic hydroxyl groups is 1. The molecule has 2 saturated heterocycles. The predicted octanol–water partition coefficient (Wildman–Crippen LogP) is 5.06. The first-order valence-electron chi connectivity index (χ1n) is 15.7. The van der Waals surface area contributed by atoms with E-state index in [1.54, 1.807) is 17.4 Å². The van der Waals surface area contributed by atoms with Gasteiger partial charge in [-0.15, -0.1) is 11.3 Å². The van der Waals surface area contributed by atoms with Crippen LogP contribution < -0.4 is 10.2 Å². The number of nitrogens with zero attached hydrogens (tertiary/aromatic N) is 2. The zero-order valence-corrected chi connectivity index (χ0v) is 27.0. The molecule has 43 heavy (non-hydrogen) atoms. The van der Waals surface area contributed by atoms with E-state index in [0.29, 0.717) is 47.9 Å². The van der Waals surface area contributed by atoms with Gasteiger partial charge in [0.2, 0.25) is 0 Å². The number of aliphatic hydroxyl groups excluding tert-OH is 1. The number of rotatable bonds is 13. The average Bonchev–Trinajstić information content (AvgIpc) is 3.65. The van der Waals surface area contributed by atoms with Gasteiger partial charge in [0.1, 0.15) is 11.3 Å². The number of benzene rings is 1. The Bertz CT molecular complexity index is 1410. The molecule has 0 bridgehead atoms. The topological polar surface area (TPSA) is 118 Å². The summed E-state index contributed by atoms with van der Waals surface area (Å²) in [7, 11) is 0. The molecule has 0 saturated carbocycles. The Morgan fingerprint density at radius 3 is 2.67 bits per heavy atom. The third-order valence-electron chi connectivity index (χ3n) is 8.87. The Morgan fingerprint density at radius 1 is 1.12 bits per heavy atom. The van der Waals surface area contributed by atoms with Crippen molar-refractivity contribution in [2.45, 2.75) is 76.4 Å². The Balaban J connectivity index is 0.939. The number of thiazole rings is 1. The fourth-order valence-corrected chi connectivity index (χ4v) is 8.21. The van der Waals surface area contributed by atoms with E-state index in [9.17, 15) is 19.8 Å². The molecule has 11 heteroatoms. The summed E-state index contributed by atoms with van der Waals surface area (Å²) in [5.74, 6) is 0.545. The number of carbonyl (C=O) groups is 1. The number of fused-ring (bicyclic) bond motifs is 1. The summed E-state index contributed by atoms with van der Waals surface area (Å²) in [4.78, 5) is 33.2. The second kappa shape index (κ2) is 14.7. The van der Waals surface area contributed by atoms with Crippen LogP contribution in [0.15, 0.2) is 28.4 Å². The quantitative estimate of drug-likeness (QED) is 0.195. The van der Waals surface area contributed by atoms with Gasteiger partial charge < -0.3 is 35.1 Å². The van der Waals surface area contributed by atoms with Crippen LogP contribution in [0.25, 0.3) is 10.2 Å². The Labute approximate surface area is 261 Å². The zero-order chi connectivity index (χ0) is 30.4. The van der Waals surface area contributed by atoms with E-state index in [0.717, 1.165) is 68.8 Å². The van der Waals surface area contributed by atoms with Crippen molar-refractivity contribution < 1.29 is 19.7 Å². The molecule has 2 aromatic heterocycles. The molecule has 2 fully saturated rings. The van der Waals surface area contributed by atoms with Crippen molar-refractivity contribution in [1.82, 2.24) is 20.1 Å². The lowest BCUT2D eigenvalue weighted by Crippen LogP contribution is -2.58. The van der Waals surface area contributed by atoms with Gasteiger partial charge in [-0.25, -0.2) is 0 Å². The predicted molar refractivity (Wildman–Crippen MR) is 174 cm³/mol. The van der Waals surface area contributed by atoms with Crippen LogP contribution in [0.2, 0.25) is 0 Å². The summed E-state index contributed by atoms with van der Waals surface area (Å²) in [5, 5.41) is 25.9. The minimum absolute atomic E-state index is 0.0225. The molecule has 4 N–H and O–H groups in total. The Morgan fingerprint density at radius 2 is 1.88 bits per heavy atom. The number of carbonyl (C=O) groups excluding carboxylic acids is 1. The standard InChI is InChI=1S/C32H46N4O5S2/c1-22(2)28-24(10-19-42-28)30(39)36-17-18-41-32(21-36)11-15-35(16-12-32)14-7-5-3-4-6-13-33-20-26(38)23-8-9-25(37)27-29(23)43-31(40)34-27/h8-10,19,22,26,33,37-38H,3-7,11-18,20-21H2,1-2H3,(H,34,40)/t26-/m0/s1. The van der Waals surface area contributed by atoms with Gasteiger partial charge in [-0.05, 0) is 62.2 Å². The van der Waals surface area contributed by atoms with E-state index in [1.165, 1.54) is 30.2 Å². The van der Waals surface area contributed by atoms with Crippen molar-refractivity contribution in [1.29, 1.82) is 0 Å². The highest BCUT2D eigenvalue weighted by Crippen LogP contribution is 2.33. The molecular formula is C32H46N4O5S2. The molecule has 3 aromatic rings. The smallest absolute Gasteiger partial charge is 0.305 e. The summed E-state index contributed by atoms with van der Waals surface area (Å²) in [5.41, 5.74) is 1.72. The molecule has 2 aliphatic heterocycles. The van der Waals surface area contributed by atoms with Crippen LogP contribution in [0.3, 0.4) is 0 Å². The number of morpholine rings is 1. The molecule has 4 heterocycles. The van der Waals surface area contributed by atoms with Crippen LogP contribution in [0.1, 0.15) is 91.6 Å². The third-order valence-corrected chi connectivity index (χ3v) is 11.0. The minimum Gasteiger partial charge on any atom is -0.506 e. The van der Waals surface area contributed by atoms with Crippen LogP contribution in [0, 0.1) is 0 Å². The highest BCUT2D eigenvalue weighted by Gasteiger charge is 2.41. The first kappa shape index (κ1) is 32.1. The largest absolute Gasteiger partial charge is 0.506 e. The van der Waals surface area contributed by atoms with Crippen molar-refractivity contribution >= 4 is 38.8 Å². The summed E-state index contributed by atoms with van der Waals surface area (Å²) in [6.45, 7) is 10.7. The number of aromatic hydroxyl groups is 1. The zero-order valence-electron chi connectivity index (χ0n) is 25.4. The first-order valence-corrected chi connectivity index (χ1v) is 17.4. The number of piperidine rings is 1. The van der Waals surface area contributed by atoms with E-state index >= 15 is 0 Å². The molecule has 9 nitrogen and oxygen atoms in total. The van der Waals surface area contributed by atoms with E-state index in [1.807, 2.05) is 16.3 Å². The van der Waals surface area contributed by atoms with Gasteiger partial charge in [0.05, 0.1) is 35.1 Å². The number of amides is 1. The average molecular weight is 631 g/mol. The van der Waals surface area contributed by atoms with E-state index in [-0.39, 0.29) is 22.1 Å². The Kier molecular flexibility index (Phi) is 11.0. The van der Waals surface area contributed by atoms with Gasteiger partial charge in [0, 0.05) is 36.6 Å². The minimum atomic E-state index is -0.737. The van der Waals surface area contributed by atoms with E-state index in [4.69, 9.17) is 4.74 Å². The second-order valence-corrected chi connectivity index (χ2v) is 14.3. The van der Waals surface area contributed by atoms with Crippen molar-refractivity contribution in [2.24, 2.45) is 0 Å². The van der Waals surface area contributed by atoms with Gasteiger partial charge in [-0.3, -0.25) is 9.59 Å². The molecule has 1 atom stereocenters. The number of thiophene rings is 1. The number of hydrogen-bond acceptors (Lipinski definition) is 9. The van der Waals surface area contributed by atoms with E-state index in [2.05, 4.69) is 29.0 Å². The highest BCUT2D eigenvalue weighted by molar-refractivity contribution is 7.16. The van der Waals surface area contributed by atoms with E-state index < -0.39 is 6.10 Å². The number of ether oxygens (including phenoxy) is 1. The highest BCUT2D eigenvalue weighted by atomic mass is 32.1. The monoisotopic (exact) mass is 630 g/mol. The maximum atomic E-state index is 13.3. The maximum Gasteiger partial charge on any atom is 0.305 e. The lowest BCUT2D eigenvalue weighted by atomic mass is 9.89. The lowest BCUT2D eigenvalue weighted by Gasteiger charge is -2.47. The first-order chi connectivity index (χ1) is 20.8. The van der Waals surface area contributed by atoms with Gasteiger partial charge in [-0.2, -0.15) is 0 Å². The second-order valence-electron chi connectivity index (χ2n) is 12.3. The maximum absolute atomic E-state index is 13.3. The van der Waals surface area contributed by atoms with Crippen molar-refractivity contribution in [3.8, 4) is 5.75 Å². The molecule has 0 unspecified atom stereocenters. The molecule has 2 aliphatic rings. The number of hydrogen-bond donors (Lipinski definition) is 4. The van der Waals surface area contributed by atoms with Gasteiger partial charge >= 0.3 is 4.87 Å². The summed E-state index contributed by atoms with van der Waals surface area (Å²) < 4.78 is 6.93. The molecule has 236 valence electrons. The van der Waals surface area contributed by atoms with Crippen LogP contribution in [0.5, 0.6) is 5.75 Å². The summed E-state index contributed by atoms with van der Waals surface area (Å²) >= 11 is 2.69. The SMILES string of the molecule is CC(C)c1sccc1C(=O)N1CCOC2(CCN(CCCCCCCNC[C@H](O)c3ccc(O)c4[nH]c(=O)sc34)CC2)C1. The van der Waals surface area contributed by atoms with Crippen molar-refractivity contribution in [2.75, 3.05) is 52.4 Å². The fourth-order valence-electron chi connectivity index (χ4n) is 6.39. The molecular weight excluding hydrogens is 585 g/mol. The number of nitrogens with one attached hydrogen (secondary N) is 2. The molecule has 1 amide bonds. The number of aromatic nitrogens is 1. The molecule has 5 rings (SSSR count). The van der Waals surface area contributed by atoms with Crippen LogP contribution in [-0.4, -0.2) is 88.9 Å². The fraction of sp³-hybridized carbons (Fsp3) is 0.625. The Hall–Kier alpha value is -2.28. The number of likely N-dealkylation sites (tertiary alicyclic amines) is 1. The molecule has 1 aromatic carbocycles.